The lowest BCUT2D eigenvalue weighted by Crippen LogP contribution is -2.52. The van der Waals surface area contributed by atoms with Crippen LogP contribution in [0.2, 0.25) is 5.02 Å². The van der Waals surface area contributed by atoms with Gasteiger partial charge in [0.05, 0.1) is 42.5 Å². The van der Waals surface area contributed by atoms with E-state index in [1.54, 1.807) is 6.20 Å². The molecule has 2 fully saturated rings. The maximum absolute atomic E-state index is 9.44. The fourth-order valence-corrected chi connectivity index (χ4v) is 2.93. The van der Waals surface area contributed by atoms with E-state index in [4.69, 9.17) is 16.3 Å². The standard InChI is InChI=1S/C12H18ClN3O2/c13-10-3-14-16(4-10)11-1-2-15(5-11)6-12(7-17)8-18-9-12/h3-4,11,17H,1-2,5-9H2. The van der Waals surface area contributed by atoms with Gasteiger partial charge in [-0.05, 0) is 6.42 Å². The van der Waals surface area contributed by atoms with Crippen molar-refractivity contribution >= 4 is 11.6 Å². The highest BCUT2D eigenvalue weighted by Gasteiger charge is 2.41. The van der Waals surface area contributed by atoms with Crippen molar-refractivity contribution in [2.45, 2.75) is 12.5 Å². The van der Waals surface area contributed by atoms with Crippen LogP contribution in [-0.2, 0) is 4.74 Å². The Morgan fingerprint density at radius 2 is 2.39 bits per heavy atom. The van der Waals surface area contributed by atoms with Crippen molar-refractivity contribution < 1.29 is 9.84 Å². The van der Waals surface area contributed by atoms with Crippen LogP contribution in [0, 0.1) is 5.41 Å². The molecule has 0 saturated carbocycles. The fourth-order valence-electron chi connectivity index (χ4n) is 2.78. The van der Waals surface area contributed by atoms with Gasteiger partial charge in [-0.1, -0.05) is 11.6 Å². The van der Waals surface area contributed by atoms with E-state index >= 15 is 0 Å². The Hall–Kier alpha value is -0.620. The predicted octanol–water partition coefficient (Wildman–Crippen LogP) is 0.792. The molecule has 2 aliphatic rings. The van der Waals surface area contributed by atoms with Crippen molar-refractivity contribution in [2.75, 3.05) is 39.5 Å². The van der Waals surface area contributed by atoms with Gasteiger partial charge in [0.15, 0.2) is 0 Å². The number of ether oxygens (including phenoxy) is 1. The number of likely N-dealkylation sites (tertiary alicyclic amines) is 1. The second-order valence-electron chi connectivity index (χ2n) is 5.47. The molecule has 5 nitrogen and oxygen atoms in total. The SMILES string of the molecule is OCC1(CN2CCC(n3cc(Cl)cn3)C2)COC1. The lowest BCUT2D eigenvalue weighted by molar-refractivity contribution is -0.146. The molecule has 0 amide bonds. The van der Waals surface area contributed by atoms with Gasteiger partial charge in [-0.3, -0.25) is 4.68 Å². The number of aliphatic hydroxyl groups is 1. The van der Waals surface area contributed by atoms with Crippen molar-refractivity contribution in [2.24, 2.45) is 5.41 Å². The summed E-state index contributed by atoms with van der Waals surface area (Å²) in [6.45, 7) is 4.50. The number of aromatic nitrogens is 2. The minimum Gasteiger partial charge on any atom is -0.396 e. The van der Waals surface area contributed by atoms with Gasteiger partial charge in [0, 0.05) is 25.8 Å². The smallest absolute Gasteiger partial charge is 0.0785 e. The molecule has 1 N–H and O–H groups in total. The lowest BCUT2D eigenvalue weighted by atomic mass is 9.86. The van der Waals surface area contributed by atoms with E-state index in [-0.39, 0.29) is 12.0 Å². The Labute approximate surface area is 111 Å². The number of aliphatic hydroxyl groups excluding tert-OH is 1. The number of hydrogen-bond acceptors (Lipinski definition) is 4. The van der Waals surface area contributed by atoms with Crippen LogP contribution in [0.25, 0.3) is 0 Å². The van der Waals surface area contributed by atoms with E-state index in [0.717, 1.165) is 26.1 Å². The summed E-state index contributed by atoms with van der Waals surface area (Å²) in [5.74, 6) is 0. The molecule has 0 bridgehead atoms. The number of rotatable bonds is 4. The van der Waals surface area contributed by atoms with Crippen LogP contribution in [0.5, 0.6) is 0 Å². The van der Waals surface area contributed by atoms with Gasteiger partial charge in [0.2, 0.25) is 0 Å². The highest BCUT2D eigenvalue weighted by Crippen LogP contribution is 2.31. The van der Waals surface area contributed by atoms with Crippen LogP contribution >= 0.6 is 11.6 Å². The summed E-state index contributed by atoms with van der Waals surface area (Å²) in [6.07, 6.45) is 4.64. The Morgan fingerprint density at radius 3 is 2.94 bits per heavy atom. The van der Waals surface area contributed by atoms with E-state index in [1.807, 2.05) is 10.9 Å². The third kappa shape index (κ3) is 2.28. The molecular weight excluding hydrogens is 254 g/mol. The summed E-state index contributed by atoms with van der Waals surface area (Å²) in [6, 6.07) is 0.397. The highest BCUT2D eigenvalue weighted by atomic mass is 35.5. The van der Waals surface area contributed by atoms with Crippen molar-refractivity contribution in [3.8, 4) is 0 Å². The first-order chi connectivity index (χ1) is 8.71. The van der Waals surface area contributed by atoms with Crippen molar-refractivity contribution in [1.29, 1.82) is 0 Å². The summed E-state index contributed by atoms with van der Waals surface area (Å²) in [5, 5.41) is 14.4. The van der Waals surface area contributed by atoms with Gasteiger partial charge in [0.25, 0.3) is 0 Å². The van der Waals surface area contributed by atoms with E-state index in [9.17, 15) is 5.11 Å². The Morgan fingerprint density at radius 1 is 1.56 bits per heavy atom. The van der Waals surface area contributed by atoms with E-state index in [1.165, 1.54) is 0 Å². The first-order valence-electron chi connectivity index (χ1n) is 6.31. The first-order valence-corrected chi connectivity index (χ1v) is 6.69. The maximum atomic E-state index is 9.44. The Balaban J connectivity index is 1.58. The molecule has 0 aromatic carbocycles. The zero-order chi connectivity index (χ0) is 12.6. The molecular formula is C12H18ClN3O2. The van der Waals surface area contributed by atoms with Crippen LogP contribution in [0.3, 0.4) is 0 Å². The van der Waals surface area contributed by atoms with Gasteiger partial charge >= 0.3 is 0 Å². The van der Waals surface area contributed by atoms with Gasteiger partial charge in [-0.2, -0.15) is 5.10 Å². The number of nitrogens with zero attached hydrogens (tertiary/aromatic N) is 3. The third-order valence-electron chi connectivity index (χ3n) is 3.90. The average Bonchev–Trinajstić information content (AvgIpc) is 2.92. The van der Waals surface area contributed by atoms with E-state index in [0.29, 0.717) is 24.3 Å². The summed E-state index contributed by atoms with van der Waals surface area (Å²) in [7, 11) is 0. The fraction of sp³-hybridized carbons (Fsp3) is 0.750. The molecule has 6 heteroatoms. The summed E-state index contributed by atoms with van der Waals surface area (Å²) in [5.41, 5.74) is -0.0311. The minimum absolute atomic E-state index is 0.0311. The molecule has 100 valence electrons. The van der Waals surface area contributed by atoms with Crippen LogP contribution in [0.1, 0.15) is 12.5 Å². The first kappa shape index (κ1) is 12.4. The van der Waals surface area contributed by atoms with Gasteiger partial charge < -0.3 is 14.7 Å². The molecule has 2 saturated heterocycles. The van der Waals surface area contributed by atoms with Crippen LogP contribution in [-0.4, -0.2) is 59.2 Å². The monoisotopic (exact) mass is 271 g/mol. The lowest BCUT2D eigenvalue weighted by Gasteiger charge is -2.42. The Bertz CT molecular complexity index is 414. The molecule has 1 unspecified atom stereocenters. The molecule has 2 aliphatic heterocycles. The topological polar surface area (TPSA) is 50.5 Å². The van der Waals surface area contributed by atoms with Crippen molar-refractivity contribution in [1.82, 2.24) is 14.7 Å². The van der Waals surface area contributed by atoms with Gasteiger partial charge in [0.1, 0.15) is 0 Å². The molecule has 0 aliphatic carbocycles. The van der Waals surface area contributed by atoms with Crippen LogP contribution < -0.4 is 0 Å². The van der Waals surface area contributed by atoms with Crippen molar-refractivity contribution in [3.63, 3.8) is 0 Å². The summed E-state index contributed by atoms with van der Waals surface area (Å²) >= 11 is 5.89. The molecule has 1 aromatic rings. The quantitative estimate of drug-likeness (QED) is 0.880. The molecule has 3 heterocycles. The number of hydrogen-bond donors (Lipinski definition) is 1. The van der Waals surface area contributed by atoms with Gasteiger partial charge in [-0.25, -0.2) is 0 Å². The molecule has 1 aromatic heterocycles. The van der Waals surface area contributed by atoms with E-state index < -0.39 is 0 Å². The zero-order valence-corrected chi connectivity index (χ0v) is 11.0. The molecule has 18 heavy (non-hydrogen) atoms. The predicted molar refractivity (Wildman–Crippen MR) is 67.7 cm³/mol. The van der Waals surface area contributed by atoms with Gasteiger partial charge in [-0.15, -0.1) is 0 Å². The second-order valence-corrected chi connectivity index (χ2v) is 5.90. The van der Waals surface area contributed by atoms with Crippen LogP contribution in [0.4, 0.5) is 0 Å². The average molecular weight is 272 g/mol. The van der Waals surface area contributed by atoms with Crippen molar-refractivity contribution in [3.05, 3.63) is 17.4 Å². The second kappa shape index (κ2) is 4.81. The molecule has 3 rings (SSSR count). The summed E-state index contributed by atoms with van der Waals surface area (Å²) < 4.78 is 7.18. The molecule has 0 spiro atoms. The molecule has 0 radical (unpaired) electrons. The van der Waals surface area contributed by atoms with E-state index in [2.05, 4.69) is 10.00 Å². The minimum atomic E-state index is -0.0311. The highest BCUT2D eigenvalue weighted by molar-refractivity contribution is 6.30. The maximum Gasteiger partial charge on any atom is 0.0785 e. The van der Waals surface area contributed by atoms with Crippen LogP contribution in [0.15, 0.2) is 12.4 Å². The third-order valence-corrected chi connectivity index (χ3v) is 4.10. The Kier molecular flexibility index (Phi) is 3.32. The molecule has 1 atom stereocenters. The number of halogens is 1. The normalized spacial score (nSPS) is 27.3. The largest absolute Gasteiger partial charge is 0.396 e. The summed E-state index contributed by atoms with van der Waals surface area (Å²) in [4.78, 5) is 2.39. The zero-order valence-electron chi connectivity index (χ0n) is 10.3.